The number of unbranched alkanes of at least 4 members (excludes halogenated alkanes) is 1. The number of hydrogen-bond acceptors (Lipinski definition) is 4. The third kappa shape index (κ3) is 4.51. The number of carbonyl (C=O) groups excluding carboxylic acids is 1. The number of amides is 1. The van der Waals surface area contributed by atoms with Crippen molar-refractivity contribution in [2.24, 2.45) is 0 Å². The third-order valence-corrected chi connectivity index (χ3v) is 4.18. The van der Waals surface area contributed by atoms with Gasteiger partial charge in [-0.1, -0.05) is 31.5 Å². The quantitative estimate of drug-likeness (QED) is 0.389. The van der Waals surface area contributed by atoms with Crippen molar-refractivity contribution in [1.29, 1.82) is 5.26 Å². The van der Waals surface area contributed by atoms with Crippen LogP contribution in [-0.4, -0.2) is 27.2 Å². The van der Waals surface area contributed by atoms with E-state index in [9.17, 15) is 10.1 Å². The highest BCUT2D eigenvalue weighted by Gasteiger charge is 2.15. The predicted molar refractivity (Wildman–Crippen MR) is 108 cm³/mol. The normalized spacial score (nSPS) is 11.1. The van der Waals surface area contributed by atoms with Gasteiger partial charge in [0.2, 0.25) is 0 Å². The summed E-state index contributed by atoms with van der Waals surface area (Å²) < 4.78 is 1.73. The zero-order chi connectivity index (χ0) is 19.8. The van der Waals surface area contributed by atoms with Gasteiger partial charge >= 0.3 is 0 Å². The zero-order valence-electron chi connectivity index (χ0n) is 15.7. The molecule has 0 saturated heterocycles. The number of nitrogens with one attached hydrogen (secondary N) is 1. The van der Waals surface area contributed by atoms with Crippen LogP contribution >= 0.6 is 0 Å². The molecule has 0 aliphatic carbocycles. The topological polar surface area (TPSA) is 83.6 Å². The molecule has 0 saturated carbocycles. The molecule has 6 heteroatoms. The first-order valence-electron chi connectivity index (χ1n) is 9.18. The number of pyridine rings is 1. The van der Waals surface area contributed by atoms with Crippen LogP contribution in [0.15, 0.2) is 66.6 Å². The maximum Gasteiger partial charge on any atom is 0.261 e. The van der Waals surface area contributed by atoms with Gasteiger partial charge in [0.05, 0.1) is 5.69 Å². The Morgan fingerprint density at radius 1 is 1.25 bits per heavy atom. The van der Waals surface area contributed by atoms with Crippen LogP contribution in [0, 0.1) is 11.3 Å². The first-order valence-corrected chi connectivity index (χ1v) is 9.18. The van der Waals surface area contributed by atoms with Crippen molar-refractivity contribution < 1.29 is 4.79 Å². The fourth-order valence-corrected chi connectivity index (χ4v) is 2.71. The molecule has 0 atom stereocenters. The van der Waals surface area contributed by atoms with E-state index in [0.717, 1.165) is 24.1 Å². The molecule has 3 rings (SSSR count). The standard InChI is InChI=1S/C22H21N5O/c1-2-3-12-25-22(28)18(14-23)13-19-16-27(20-9-5-4-6-10-20)26-21(19)17-8-7-11-24-15-17/h4-11,13,15-16H,2-3,12H2,1H3,(H,25,28)/b18-13+. The van der Waals surface area contributed by atoms with Crippen molar-refractivity contribution in [3.05, 3.63) is 72.2 Å². The predicted octanol–water partition coefficient (Wildman–Crippen LogP) is 3.76. The SMILES string of the molecule is CCCCNC(=O)/C(C#N)=C/c1cn(-c2ccccc2)nc1-c1cccnc1. The van der Waals surface area contributed by atoms with E-state index in [0.29, 0.717) is 17.8 Å². The fraction of sp³-hybridized carbons (Fsp3) is 0.182. The average Bonchev–Trinajstić information content (AvgIpc) is 3.17. The smallest absolute Gasteiger partial charge is 0.261 e. The summed E-state index contributed by atoms with van der Waals surface area (Å²) in [4.78, 5) is 16.5. The maximum atomic E-state index is 12.3. The second-order valence-electron chi connectivity index (χ2n) is 6.23. The summed E-state index contributed by atoms with van der Waals surface area (Å²) in [5.74, 6) is -0.374. The highest BCUT2D eigenvalue weighted by atomic mass is 16.1. The minimum atomic E-state index is -0.374. The van der Waals surface area contributed by atoms with Crippen molar-refractivity contribution in [3.8, 4) is 23.0 Å². The molecule has 0 radical (unpaired) electrons. The van der Waals surface area contributed by atoms with E-state index < -0.39 is 0 Å². The van der Waals surface area contributed by atoms with Gasteiger partial charge in [-0.05, 0) is 36.8 Å². The molecule has 1 N–H and O–H groups in total. The van der Waals surface area contributed by atoms with E-state index in [1.807, 2.05) is 61.7 Å². The molecular formula is C22H21N5O. The number of rotatable bonds is 7. The lowest BCUT2D eigenvalue weighted by atomic mass is 10.1. The second-order valence-corrected chi connectivity index (χ2v) is 6.23. The Kier molecular flexibility index (Phi) is 6.32. The van der Waals surface area contributed by atoms with Gasteiger partial charge in [0.25, 0.3) is 5.91 Å². The first-order chi connectivity index (χ1) is 13.7. The Bertz CT molecular complexity index is 1000. The van der Waals surface area contributed by atoms with Crippen LogP contribution < -0.4 is 5.32 Å². The molecule has 0 fully saturated rings. The largest absolute Gasteiger partial charge is 0.351 e. The van der Waals surface area contributed by atoms with Crippen LogP contribution in [0.3, 0.4) is 0 Å². The second kappa shape index (κ2) is 9.28. The van der Waals surface area contributed by atoms with Gasteiger partial charge in [0.15, 0.2) is 0 Å². The number of benzene rings is 1. The summed E-state index contributed by atoms with van der Waals surface area (Å²) in [5, 5.41) is 16.9. The Hall–Kier alpha value is -3.72. The lowest BCUT2D eigenvalue weighted by Crippen LogP contribution is -2.25. The van der Waals surface area contributed by atoms with E-state index in [1.165, 1.54) is 0 Å². The number of nitriles is 1. The molecule has 28 heavy (non-hydrogen) atoms. The molecule has 0 spiro atoms. The average molecular weight is 371 g/mol. The zero-order valence-corrected chi connectivity index (χ0v) is 15.7. The van der Waals surface area contributed by atoms with E-state index in [2.05, 4.69) is 15.4 Å². The van der Waals surface area contributed by atoms with Crippen molar-refractivity contribution in [2.75, 3.05) is 6.54 Å². The summed E-state index contributed by atoms with van der Waals surface area (Å²) in [6.45, 7) is 2.60. The van der Waals surface area contributed by atoms with Crippen molar-refractivity contribution in [3.63, 3.8) is 0 Å². The summed E-state index contributed by atoms with van der Waals surface area (Å²) in [7, 11) is 0. The Morgan fingerprint density at radius 2 is 2.07 bits per heavy atom. The maximum absolute atomic E-state index is 12.3. The van der Waals surface area contributed by atoms with Gasteiger partial charge in [-0.15, -0.1) is 0 Å². The molecule has 2 aromatic heterocycles. The van der Waals surface area contributed by atoms with Gasteiger partial charge in [-0.2, -0.15) is 10.4 Å². The minimum absolute atomic E-state index is 0.0499. The molecular weight excluding hydrogens is 350 g/mol. The van der Waals surface area contributed by atoms with Crippen LogP contribution in [-0.2, 0) is 4.79 Å². The van der Waals surface area contributed by atoms with E-state index in [4.69, 9.17) is 0 Å². The van der Waals surface area contributed by atoms with Crippen LogP contribution in [0.1, 0.15) is 25.3 Å². The third-order valence-electron chi connectivity index (χ3n) is 4.18. The van der Waals surface area contributed by atoms with Gasteiger partial charge in [0, 0.05) is 36.3 Å². The van der Waals surface area contributed by atoms with E-state index in [-0.39, 0.29) is 11.5 Å². The summed E-state index contributed by atoms with van der Waals surface area (Å²) in [6.07, 6.45) is 8.64. The number of para-hydroxylation sites is 1. The number of aromatic nitrogens is 3. The van der Waals surface area contributed by atoms with Crippen molar-refractivity contribution >= 4 is 12.0 Å². The Balaban J connectivity index is 2.02. The van der Waals surface area contributed by atoms with Crippen LogP contribution in [0.2, 0.25) is 0 Å². The molecule has 0 aliphatic heterocycles. The molecule has 140 valence electrons. The molecule has 6 nitrogen and oxygen atoms in total. The van der Waals surface area contributed by atoms with Gasteiger partial charge in [-0.25, -0.2) is 4.68 Å². The molecule has 3 aromatic rings. The van der Waals surface area contributed by atoms with E-state index in [1.54, 1.807) is 23.2 Å². The van der Waals surface area contributed by atoms with Crippen molar-refractivity contribution in [2.45, 2.75) is 19.8 Å². The Labute approximate surface area is 164 Å². The van der Waals surface area contributed by atoms with Crippen LogP contribution in [0.5, 0.6) is 0 Å². The first kappa shape index (κ1) is 19.1. The highest BCUT2D eigenvalue weighted by Crippen LogP contribution is 2.25. The van der Waals surface area contributed by atoms with Gasteiger partial charge in [-0.3, -0.25) is 9.78 Å². The number of hydrogen-bond donors (Lipinski definition) is 1. The van der Waals surface area contributed by atoms with Crippen molar-refractivity contribution in [1.82, 2.24) is 20.1 Å². The lowest BCUT2D eigenvalue weighted by molar-refractivity contribution is -0.117. The molecule has 0 unspecified atom stereocenters. The van der Waals surface area contributed by atoms with Crippen LogP contribution in [0.4, 0.5) is 0 Å². The van der Waals surface area contributed by atoms with Crippen LogP contribution in [0.25, 0.3) is 23.0 Å². The lowest BCUT2D eigenvalue weighted by Gasteiger charge is -2.03. The Morgan fingerprint density at radius 3 is 2.75 bits per heavy atom. The minimum Gasteiger partial charge on any atom is -0.351 e. The molecule has 0 bridgehead atoms. The van der Waals surface area contributed by atoms with Gasteiger partial charge < -0.3 is 5.32 Å². The number of carbonyl (C=O) groups is 1. The summed E-state index contributed by atoms with van der Waals surface area (Å²) in [6, 6.07) is 15.4. The molecule has 1 amide bonds. The van der Waals surface area contributed by atoms with Gasteiger partial charge in [0.1, 0.15) is 17.3 Å². The summed E-state index contributed by atoms with van der Waals surface area (Å²) in [5.41, 5.74) is 3.09. The monoisotopic (exact) mass is 371 g/mol. The molecule has 1 aromatic carbocycles. The highest BCUT2D eigenvalue weighted by molar-refractivity contribution is 6.02. The fourth-order valence-electron chi connectivity index (χ4n) is 2.71. The van der Waals surface area contributed by atoms with E-state index >= 15 is 0 Å². The molecule has 2 heterocycles. The number of nitrogens with zero attached hydrogens (tertiary/aromatic N) is 4. The molecule has 0 aliphatic rings. The summed E-state index contributed by atoms with van der Waals surface area (Å²) >= 11 is 0.